The molecule has 140 valence electrons. The quantitative estimate of drug-likeness (QED) is 0.347. The number of sulfone groups is 1. The van der Waals surface area contributed by atoms with Crippen LogP contribution in [-0.2, 0) is 9.84 Å². The molecule has 6 rings (SSSR count). The Morgan fingerprint density at radius 1 is 0.655 bits per heavy atom. The number of hydrogen-bond donors (Lipinski definition) is 0. The summed E-state index contributed by atoms with van der Waals surface area (Å²) in [5.74, 6) is 0.489. The second kappa shape index (κ2) is 5.82. The zero-order valence-corrected chi connectivity index (χ0v) is 16.2. The van der Waals surface area contributed by atoms with Gasteiger partial charge in [0.15, 0.2) is 0 Å². The van der Waals surface area contributed by atoms with Crippen LogP contribution in [0.3, 0.4) is 0 Å². The first-order chi connectivity index (χ1) is 14.1. The molecule has 1 aliphatic heterocycles. The average molecular weight is 396 g/mol. The Morgan fingerprint density at radius 3 is 2.00 bits per heavy atom. The highest BCUT2D eigenvalue weighted by molar-refractivity contribution is 7.91. The number of benzene rings is 4. The molecule has 0 saturated carbocycles. The Bertz CT molecular complexity index is 1470. The monoisotopic (exact) mass is 396 g/mol. The molecule has 0 aliphatic carbocycles. The third-order valence-corrected chi connectivity index (χ3v) is 7.67. The van der Waals surface area contributed by atoms with Gasteiger partial charge in [0.1, 0.15) is 11.3 Å². The zero-order valence-electron chi connectivity index (χ0n) is 15.4. The SMILES string of the molecule is O=S1(=O)c2ccccc2C(c2cc3c(ccc4ccccc43)o2)c2ccccc21. The molecule has 5 aromatic rings. The lowest BCUT2D eigenvalue weighted by atomic mass is 9.88. The van der Waals surface area contributed by atoms with Crippen molar-refractivity contribution in [2.45, 2.75) is 15.7 Å². The van der Waals surface area contributed by atoms with Crippen molar-refractivity contribution in [1.82, 2.24) is 0 Å². The lowest BCUT2D eigenvalue weighted by Gasteiger charge is -2.26. The summed E-state index contributed by atoms with van der Waals surface area (Å²) in [4.78, 5) is 0.711. The average Bonchev–Trinajstić information content (AvgIpc) is 3.18. The van der Waals surface area contributed by atoms with Crippen LogP contribution >= 0.6 is 0 Å². The van der Waals surface area contributed by atoms with Crippen LogP contribution in [0.25, 0.3) is 21.7 Å². The van der Waals surface area contributed by atoms with E-state index in [1.165, 1.54) is 0 Å². The first-order valence-electron chi connectivity index (χ1n) is 9.49. The zero-order chi connectivity index (χ0) is 19.6. The van der Waals surface area contributed by atoms with Gasteiger partial charge in [0.25, 0.3) is 0 Å². The van der Waals surface area contributed by atoms with E-state index in [0.717, 1.165) is 38.6 Å². The van der Waals surface area contributed by atoms with E-state index in [2.05, 4.69) is 24.3 Å². The van der Waals surface area contributed by atoms with E-state index in [-0.39, 0.29) is 5.92 Å². The Labute approximate surface area is 168 Å². The minimum atomic E-state index is -3.55. The maximum atomic E-state index is 13.2. The molecule has 0 N–H and O–H groups in total. The van der Waals surface area contributed by atoms with Gasteiger partial charge in [-0.15, -0.1) is 0 Å². The van der Waals surface area contributed by atoms with Crippen LogP contribution in [0.1, 0.15) is 22.8 Å². The molecule has 0 unspecified atom stereocenters. The molecule has 1 aromatic heterocycles. The Kier molecular flexibility index (Phi) is 3.32. The lowest BCUT2D eigenvalue weighted by Crippen LogP contribution is -2.19. The van der Waals surface area contributed by atoms with Gasteiger partial charge in [0.2, 0.25) is 9.84 Å². The highest BCUT2D eigenvalue weighted by atomic mass is 32.2. The van der Waals surface area contributed by atoms with E-state index in [1.54, 1.807) is 24.3 Å². The van der Waals surface area contributed by atoms with Crippen LogP contribution in [-0.4, -0.2) is 8.42 Å². The molecule has 0 spiro atoms. The van der Waals surface area contributed by atoms with Gasteiger partial charge < -0.3 is 4.42 Å². The molecule has 0 saturated heterocycles. The summed E-state index contributed by atoms with van der Waals surface area (Å²) in [6.45, 7) is 0. The molecule has 4 heteroatoms. The summed E-state index contributed by atoms with van der Waals surface area (Å²) in [6, 6.07) is 28.8. The van der Waals surface area contributed by atoms with Crippen molar-refractivity contribution < 1.29 is 12.8 Å². The Balaban J connectivity index is 1.68. The predicted octanol–water partition coefficient (Wildman–Crippen LogP) is 5.91. The maximum Gasteiger partial charge on any atom is 0.207 e. The summed E-state index contributed by atoms with van der Waals surface area (Å²) in [7, 11) is -3.55. The minimum absolute atomic E-state index is 0.267. The first-order valence-corrected chi connectivity index (χ1v) is 11.0. The third kappa shape index (κ3) is 2.26. The number of rotatable bonds is 1. The summed E-state index contributed by atoms with van der Waals surface area (Å²) in [5, 5.41) is 3.32. The molecule has 0 fully saturated rings. The van der Waals surface area contributed by atoms with Crippen LogP contribution in [0.5, 0.6) is 0 Å². The van der Waals surface area contributed by atoms with Crippen molar-refractivity contribution in [2.75, 3.05) is 0 Å². The summed E-state index contributed by atoms with van der Waals surface area (Å²) in [5.41, 5.74) is 2.33. The molecule has 29 heavy (non-hydrogen) atoms. The molecule has 0 amide bonds. The summed E-state index contributed by atoms with van der Waals surface area (Å²) < 4.78 is 32.7. The van der Waals surface area contributed by atoms with Crippen molar-refractivity contribution >= 4 is 31.6 Å². The van der Waals surface area contributed by atoms with E-state index >= 15 is 0 Å². The van der Waals surface area contributed by atoms with Crippen LogP contribution in [0.4, 0.5) is 0 Å². The molecule has 3 nitrogen and oxygen atoms in total. The number of hydrogen-bond acceptors (Lipinski definition) is 3. The van der Waals surface area contributed by atoms with Gasteiger partial charge in [-0.25, -0.2) is 8.42 Å². The van der Waals surface area contributed by atoms with Gasteiger partial charge in [-0.05, 0) is 46.2 Å². The van der Waals surface area contributed by atoms with E-state index in [0.29, 0.717) is 9.79 Å². The molecule has 0 radical (unpaired) electrons. The second-order valence-electron chi connectivity index (χ2n) is 7.36. The van der Waals surface area contributed by atoms with Crippen LogP contribution in [0, 0.1) is 0 Å². The van der Waals surface area contributed by atoms with Crippen molar-refractivity contribution in [3.63, 3.8) is 0 Å². The highest BCUT2D eigenvalue weighted by Gasteiger charge is 2.37. The predicted molar refractivity (Wildman–Crippen MR) is 113 cm³/mol. The molecular weight excluding hydrogens is 380 g/mol. The van der Waals surface area contributed by atoms with E-state index in [1.807, 2.05) is 42.5 Å². The minimum Gasteiger partial charge on any atom is -0.460 e. The van der Waals surface area contributed by atoms with Gasteiger partial charge in [-0.3, -0.25) is 0 Å². The molecular formula is C25H16O3S. The summed E-state index contributed by atoms with van der Waals surface area (Å²) in [6.07, 6.45) is 0. The molecule has 1 aliphatic rings. The van der Waals surface area contributed by atoms with Gasteiger partial charge >= 0.3 is 0 Å². The molecule has 2 heterocycles. The lowest BCUT2D eigenvalue weighted by molar-refractivity contribution is 0.531. The maximum absolute atomic E-state index is 13.2. The highest BCUT2D eigenvalue weighted by Crippen LogP contribution is 2.46. The van der Waals surface area contributed by atoms with Crippen molar-refractivity contribution in [3.05, 3.63) is 108 Å². The Morgan fingerprint density at radius 2 is 1.28 bits per heavy atom. The topological polar surface area (TPSA) is 47.3 Å². The number of furan rings is 1. The Hall–Kier alpha value is -3.37. The second-order valence-corrected chi connectivity index (χ2v) is 9.25. The van der Waals surface area contributed by atoms with Crippen molar-refractivity contribution in [2.24, 2.45) is 0 Å². The van der Waals surface area contributed by atoms with Crippen LogP contribution < -0.4 is 0 Å². The fourth-order valence-corrected chi connectivity index (χ4v) is 6.22. The molecule has 0 atom stereocenters. The van der Waals surface area contributed by atoms with Crippen molar-refractivity contribution in [3.8, 4) is 0 Å². The third-order valence-electron chi connectivity index (χ3n) is 5.77. The fraction of sp³-hybridized carbons (Fsp3) is 0.0400. The first kappa shape index (κ1) is 16.6. The smallest absolute Gasteiger partial charge is 0.207 e. The largest absolute Gasteiger partial charge is 0.460 e. The van der Waals surface area contributed by atoms with Crippen LogP contribution in [0.15, 0.2) is 105 Å². The van der Waals surface area contributed by atoms with Gasteiger partial charge in [-0.2, -0.15) is 0 Å². The van der Waals surface area contributed by atoms with Gasteiger partial charge in [0, 0.05) is 5.39 Å². The number of fused-ring (bicyclic) bond motifs is 5. The van der Waals surface area contributed by atoms with Gasteiger partial charge in [0.05, 0.1) is 15.7 Å². The fourth-order valence-electron chi connectivity index (χ4n) is 4.47. The normalized spacial score (nSPS) is 15.3. The van der Waals surface area contributed by atoms with Gasteiger partial charge in [-0.1, -0.05) is 66.7 Å². The van der Waals surface area contributed by atoms with Crippen molar-refractivity contribution in [1.29, 1.82) is 0 Å². The van der Waals surface area contributed by atoms with E-state index in [4.69, 9.17) is 4.42 Å². The van der Waals surface area contributed by atoms with E-state index < -0.39 is 9.84 Å². The molecule has 4 aromatic carbocycles. The van der Waals surface area contributed by atoms with Crippen LogP contribution in [0.2, 0.25) is 0 Å². The van der Waals surface area contributed by atoms with E-state index in [9.17, 15) is 8.42 Å². The molecule has 0 bridgehead atoms. The summed E-state index contributed by atoms with van der Waals surface area (Å²) >= 11 is 0. The standard InChI is InChI=1S/C25H16O3S/c26-29(27)23-11-5-3-9-18(23)25(19-10-4-6-12-24(19)29)22-15-20-17-8-2-1-7-16(17)13-14-21(20)28-22/h1-15,25H.